The Bertz CT molecular complexity index is 1500. The second kappa shape index (κ2) is 14.7. The van der Waals surface area contributed by atoms with E-state index in [0.717, 1.165) is 29.7 Å². The lowest BCUT2D eigenvalue weighted by atomic mass is 9.88. The standard InChI is InChI=1S/C33H43N5O8/c1-20(9-12-29-21(2)15-28(23(4)44-29)35-30(40)13-10-22(3)43-24(5)39)8-11-25-17-33(19-42-33)18-26(45-25)16-31(41)46-38-32-27(36-37-38)7-6-14-34-32/h6-11,13-14,21-23,25-26,28-29H,12,15-19H2,1-5H3,(H,35,40)/b11-8+,13-10-,20-9+/t21-,22-,23+,25+,26+,28+,29-,33-/m0/s1. The molecule has 0 aliphatic carbocycles. The molecule has 5 rings (SSSR count). The fourth-order valence-corrected chi connectivity index (χ4v) is 6.00. The van der Waals surface area contributed by atoms with Crippen LogP contribution in [0.2, 0.25) is 0 Å². The largest absolute Gasteiger partial charge is 0.459 e. The van der Waals surface area contributed by atoms with Gasteiger partial charge in [-0.1, -0.05) is 30.7 Å². The number of hydrogen-bond acceptors (Lipinski definition) is 11. The van der Waals surface area contributed by atoms with Crippen LogP contribution in [0.4, 0.5) is 0 Å². The predicted octanol–water partition coefficient (Wildman–Crippen LogP) is 3.19. The summed E-state index contributed by atoms with van der Waals surface area (Å²) in [7, 11) is 0. The van der Waals surface area contributed by atoms with E-state index in [2.05, 4.69) is 33.6 Å². The summed E-state index contributed by atoms with van der Waals surface area (Å²) < 4.78 is 23.4. The number of fused-ring (bicyclic) bond motifs is 1. The first-order valence-corrected chi connectivity index (χ1v) is 15.8. The maximum Gasteiger partial charge on any atom is 0.337 e. The molecule has 3 saturated heterocycles. The predicted molar refractivity (Wildman–Crippen MR) is 166 cm³/mol. The van der Waals surface area contributed by atoms with Gasteiger partial charge < -0.3 is 29.1 Å². The number of hydrogen-bond donors (Lipinski definition) is 1. The van der Waals surface area contributed by atoms with Gasteiger partial charge in [0, 0.05) is 32.0 Å². The van der Waals surface area contributed by atoms with Crippen LogP contribution in [0.3, 0.4) is 0 Å². The lowest BCUT2D eigenvalue weighted by Crippen LogP contribution is -2.50. The Morgan fingerprint density at radius 3 is 2.76 bits per heavy atom. The zero-order chi connectivity index (χ0) is 32.8. The number of epoxide rings is 1. The lowest BCUT2D eigenvalue weighted by molar-refractivity contribution is -0.152. The smallest absolute Gasteiger partial charge is 0.337 e. The normalized spacial score (nSPS) is 30.5. The van der Waals surface area contributed by atoms with Crippen LogP contribution in [-0.4, -0.2) is 86.8 Å². The van der Waals surface area contributed by atoms with Gasteiger partial charge in [0.2, 0.25) is 11.6 Å². The molecule has 46 heavy (non-hydrogen) atoms. The van der Waals surface area contributed by atoms with Gasteiger partial charge in [0.05, 0.1) is 49.1 Å². The maximum atomic E-state index is 12.7. The molecule has 3 aliphatic rings. The Labute approximate surface area is 268 Å². The Hall–Kier alpha value is -3.94. The Kier molecular flexibility index (Phi) is 10.6. The van der Waals surface area contributed by atoms with Crippen LogP contribution in [0.15, 0.2) is 54.3 Å². The summed E-state index contributed by atoms with van der Waals surface area (Å²) in [4.78, 5) is 46.8. The number of ether oxygens (including phenoxy) is 4. The van der Waals surface area contributed by atoms with Gasteiger partial charge in [-0.15, -0.1) is 5.10 Å². The third kappa shape index (κ3) is 9.08. The molecule has 2 aromatic rings. The molecule has 0 radical (unpaired) electrons. The van der Waals surface area contributed by atoms with Crippen LogP contribution < -0.4 is 10.2 Å². The van der Waals surface area contributed by atoms with Crippen LogP contribution >= 0.6 is 0 Å². The first-order valence-electron chi connectivity index (χ1n) is 15.8. The molecule has 3 fully saturated rings. The lowest BCUT2D eigenvalue weighted by Gasteiger charge is -2.39. The number of aromatic nitrogens is 4. The van der Waals surface area contributed by atoms with E-state index >= 15 is 0 Å². The number of carbonyl (C=O) groups excluding carboxylic acids is 3. The van der Waals surface area contributed by atoms with Gasteiger partial charge in [0.1, 0.15) is 11.6 Å². The summed E-state index contributed by atoms with van der Waals surface area (Å²) in [6, 6.07) is 3.36. The van der Waals surface area contributed by atoms with Crippen molar-refractivity contribution in [3.05, 3.63) is 54.3 Å². The van der Waals surface area contributed by atoms with Crippen LogP contribution in [0.1, 0.15) is 66.7 Å². The number of pyridine rings is 1. The second-order valence-electron chi connectivity index (χ2n) is 12.6. The van der Waals surface area contributed by atoms with Gasteiger partial charge >= 0.3 is 11.9 Å². The zero-order valence-electron chi connectivity index (χ0n) is 27.0. The molecule has 2 aromatic heterocycles. The molecule has 248 valence electrons. The Morgan fingerprint density at radius 1 is 1.20 bits per heavy atom. The summed E-state index contributed by atoms with van der Waals surface area (Å²) >= 11 is 0. The first-order chi connectivity index (χ1) is 22.0. The van der Waals surface area contributed by atoms with Crippen LogP contribution in [0.5, 0.6) is 0 Å². The summed E-state index contributed by atoms with van der Waals surface area (Å²) in [6.45, 7) is 9.83. The van der Waals surface area contributed by atoms with E-state index in [1.807, 2.05) is 26.0 Å². The number of allylic oxidation sites excluding steroid dienone is 2. The minimum atomic E-state index is -0.484. The highest BCUT2D eigenvalue weighted by Crippen LogP contribution is 2.43. The van der Waals surface area contributed by atoms with Crippen molar-refractivity contribution in [1.29, 1.82) is 0 Å². The summed E-state index contributed by atoms with van der Waals surface area (Å²) in [5.41, 5.74) is 1.72. The van der Waals surface area contributed by atoms with Crippen LogP contribution in [0.25, 0.3) is 11.2 Å². The summed E-state index contributed by atoms with van der Waals surface area (Å²) in [5, 5.41) is 10.8. The van der Waals surface area contributed by atoms with Crippen LogP contribution in [0, 0.1) is 5.92 Å². The second-order valence-corrected chi connectivity index (χ2v) is 12.6. The van der Waals surface area contributed by atoms with Crippen molar-refractivity contribution in [2.75, 3.05) is 6.61 Å². The zero-order valence-corrected chi connectivity index (χ0v) is 27.0. The maximum absolute atomic E-state index is 12.7. The van der Waals surface area contributed by atoms with Crippen molar-refractivity contribution < 1.29 is 38.2 Å². The highest BCUT2D eigenvalue weighted by molar-refractivity contribution is 5.87. The molecule has 0 bridgehead atoms. The van der Waals surface area contributed by atoms with Crippen LogP contribution in [-0.2, 0) is 33.3 Å². The van der Waals surface area contributed by atoms with Crippen molar-refractivity contribution in [3.63, 3.8) is 0 Å². The molecule has 0 saturated carbocycles. The molecule has 13 nitrogen and oxygen atoms in total. The van der Waals surface area contributed by atoms with Crippen molar-refractivity contribution in [1.82, 2.24) is 25.5 Å². The summed E-state index contributed by atoms with van der Waals surface area (Å²) in [6.07, 6.45) is 12.5. The average Bonchev–Trinajstić information content (AvgIpc) is 3.61. The van der Waals surface area contributed by atoms with E-state index in [9.17, 15) is 14.4 Å². The molecule has 5 heterocycles. The number of nitrogens with zero attached hydrogens (tertiary/aromatic N) is 4. The van der Waals surface area contributed by atoms with Gasteiger partial charge in [0.25, 0.3) is 0 Å². The van der Waals surface area contributed by atoms with Gasteiger partial charge in [-0.25, -0.2) is 9.78 Å². The van der Waals surface area contributed by atoms with Gasteiger partial charge in [-0.2, -0.15) is 0 Å². The van der Waals surface area contributed by atoms with Crippen molar-refractivity contribution in [2.24, 2.45) is 5.92 Å². The number of esters is 1. The number of rotatable bonds is 11. The average molecular weight is 638 g/mol. The minimum Gasteiger partial charge on any atom is -0.459 e. The van der Waals surface area contributed by atoms with Gasteiger partial charge in [-0.3, -0.25) is 9.59 Å². The highest BCUT2D eigenvalue weighted by atomic mass is 16.7. The first kappa shape index (κ1) is 33.4. The monoisotopic (exact) mass is 637 g/mol. The quantitative estimate of drug-likeness (QED) is 0.127. The molecule has 8 atom stereocenters. The van der Waals surface area contributed by atoms with Gasteiger partial charge in [-0.05, 0) is 67.8 Å². The number of carbonyl (C=O) groups is 3. The van der Waals surface area contributed by atoms with E-state index in [1.165, 1.54) is 13.0 Å². The van der Waals surface area contributed by atoms with E-state index in [-0.39, 0.29) is 54.3 Å². The molecule has 0 unspecified atom stereocenters. The molecule has 0 aromatic carbocycles. The summed E-state index contributed by atoms with van der Waals surface area (Å²) in [5.74, 6) is -0.883. The van der Waals surface area contributed by atoms with Crippen molar-refractivity contribution >= 4 is 29.0 Å². The molecule has 13 heteroatoms. The van der Waals surface area contributed by atoms with Gasteiger partial charge in [0.15, 0.2) is 0 Å². The van der Waals surface area contributed by atoms with E-state index in [1.54, 1.807) is 31.3 Å². The number of amides is 1. The molecule has 1 spiro atoms. The molecular weight excluding hydrogens is 594 g/mol. The third-order valence-electron chi connectivity index (χ3n) is 8.52. The SMILES string of the molecule is CC(=O)O[C@@H](C)/C=C\C(=O)N[C@@H]1C[C@H](C)[C@H](C/C=C(C)/C=C/[C@@H]2C[C@@]3(CO3)C[C@@H](CC(=O)On3nnc4cccnc43)O2)O[C@@H]1C. The molecular formula is C33H43N5O8. The fraction of sp³-hybridized carbons (Fsp3) is 0.576. The topological polar surface area (TPSA) is 156 Å². The third-order valence-corrected chi connectivity index (χ3v) is 8.52. The minimum absolute atomic E-state index is 0.0211. The van der Waals surface area contributed by atoms with E-state index in [4.69, 9.17) is 23.8 Å². The number of nitrogens with one attached hydrogen (secondary N) is 1. The Balaban J connectivity index is 1.09. The van der Waals surface area contributed by atoms with E-state index in [0.29, 0.717) is 24.2 Å². The molecule has 1 amide bonds. The van der Waals surface area contributed by atoms with Crippen molar-refractivity contribution in [2.45, 2.75) is 109 Å². The molecule has 3 aliphatic heterocycles. The fourth-order valence-electron chi connectivity index (χ4n) is 6.00. The van der Waals surface area contributed by atoms with Crippen molar-refractivity contribution in [3.8, 4) is 0 Å². The van der Waals surface area contributed by atoms with E-state index < -0.39 is 18.0 Å². The Morgan fingerprint density at radius 2 is 2.00 bits per heavy atom. The molecule has 1 N–H and O–H groups in total. The highest BCUT2D eigenvalue weighted by Gasteiger charge is 2.51.